The van der Waals surface area contributed by atoms with E-state index in [0.29, 0.717) is 6.42 Å². The predicted octanol–water partition coefficient (Wildman–Crippen LogP) is 4.64. The third-order valence-corrected chi connectivity index (χ3v) is 3.45. The molecule has 0 radical (unpaired) electrons. The Morgan fingerprint density at radius 2 is 1.65 bits per heavy atom. The summed E-state index contributed by atoms with van der Waals surface area (Å²) in [5, 5.41) is 0. The van der Waals surface area contributed by atoms with Crippen LogP contribution >= 0.6 is 31.9 Å². The molecule has 2 aromatic rings. The van der Waals surface area contributed by atoms with Gasteiger partial charge in [-0.2, -0.15) is 0 Å². The maximum Gasteiger partial charge on any atom is 0.167 e. The second-order valence-corrected chi connectivity index (χ2v) is 5.57. The number of ketones is 1. The molecule has 17 heavy (non-hydrogen) atoms. The van der Waals surface area contributed by atoms with Crippen LogP contribution in [0.5, 0.6) is 0 Å². The Hall–Kier alpha value is -0.930. The van der Waals surface area contributed by atoms with Crippen molar-refractivity contribution < 1.29 is 4.79 Å². The highest BCUT2D eigenvalue weighted by atomic mass is 79.9. The van der Waals surface area contributed by atoms with Gasteiger partial charge in [-0.05, 0) is 29.8 Å². The minimum atomic E-state index is 0.133. The second-order valence-electron chi connectivity index (χ2n) is 3.74. The number of Topliss-reactive ketones (excluding diaryl/α,β-unsaturated/α-hetero) is 1. The van der Waals surface area contributed by atoms with Crippen LogP contribution in [-0.4, -0.2) is 5.78 Å². The molecule has 0 saturated heterocycles. The van der Waals surface area contributed by atoms with E-state index in [-0.39, 0.29) is 5.78 Å². The van der Waals surface area contributed by atoms with E-state index in [9.17, 15) is 4.79 Å². The topological polar surface area (TPSA) is 17.1 Å². The smallest absolute Gasteiger partial charge is 0.167 e. The van der Waals surface area contributed by atoms with Crippen LogP contribution in [0.15, 0.2) is 57.5 Å². The maximum absolute atomic E-state index is 12.0. The molecule has 0 atom stereocenters. The zero-order valence-corrected chi connectivity index (χ0v) is 12.2. The second kappa shape index (κ2) is 5.61. The van der Waals surface area contributed by atoms with Gasteiger partial charge >= 0.3 is 0 Å². The lowest BCUT2D eigenvalue weighted by atomic mass is 10.0. The Kier molecular flexibility index (Phi) is 4.13. The van der Waals surface area contributed by atoms with E-state index in [2.05, 4.69) is 31.9 Å². The highest BCUT2D eigenvalue weighted by Crippen LogP contribution is 2.15. The molecule has 0 bridgehead atoms. The van der Waals surface area contributed by atoms with E-state index in [4.69, 9.17) is 0 Å². The van der Waals surface area contributed by atoms with Gasteiger partial charge in [-0.25, -0.2) is 0 Å². The molecule has 0 spiro atoms. The van der Waals surface area contributed by atoms with Crippen molar-refractivity contribution in [2.45, 2.75) is 6.42 Å². The Bertz CT molecular complexity index is 532. The molecule has 0 aliphatic rings. The zero-order chi connectivity index (χ0) is 12.3. The van der Waals surface area contributed by atoms with E-state index in [0.717, 1.165) is 20.1 Å². The largest absolute Gasteiger partial charge is 0.294 e. The van der Waals surface area contributed by atoms with E-state index in [1.807, 2.05) is 48.5 Å². The molecule has 0 N–H and O–H groups in total. The van der Waals surface area contributed by atoms with Crippen LogP contribution in [0.2, 0.25) is 0 Å². The minimum Gasteiger partial charge on any atom is -0.294 e. The highest BCUT2D eigenvalue weighted by Gasteiger charge is 2.07. The standard InChI is InChI=1S/C14H10Br2O/c15-12-6-4-10(5-7-12)8-14(17)11-2-1-3-13(16)9-11/h1-7,9H,8H2. The molecule has 0 aromatic heterocycles. The normalized spacial score (nSPS) is 10.2. The summed E-state index contributed by atoms with van der Waals surface area (Å²) in [5.41, 5.74) is 1.76. The Morgan fingerprint density at radius 3 is 2.29 bits per heavy atom. The molecule has 0 heterocycles. The van der Waals surface area contributed by atoms with Gasteiger partial charge in [0.25, 0.3) is 0 Å². The molecule has 0 unspecified atom stereocenters. The van der Waals surface area contributed by atoms with E-state index < -0.39 is 0 Å². The van der Waals surface area contributed by atoms with E-state index in [1.54, 1.807) is 0 Å². The molecule has 0 saturated carbocycles. The number of benzene rings is 2. The Morgan fingerprint density at radius 1 is 0.941 bits per heavy atom. The monoisotopic (exact) mass is 352 g/mol. The quantitative estimate of drug-likeness (QED) is 0.735. The Balaban J connectivity index is 2.14. The lowest BCUT2D eigenvalue weighted by Gasteiger charge is -2.02. The third-order valence-electron chi connectivity index (χ3n) is 2.42. The maximum atomic E-state index is 12.0. The van der Waals surface area contributed by atoms with E-state index >= 15 is 0 Å². The first-order valence-corrected chi connectivity index (χ1v) is 6.77. The van der Waals surface area contributed by atoms with Crippen LogP contribution in [-0.2, 0) is 6.42 Å². The average molecular weight is 354 g/mol. The van der Waals surface area contributed by atoms with Gasteiger partial charge in [-0.15, -0.1) is 0 Å². The van der Waals surface area contributed by atoms with Gasteiger partial charge in [-0.3, -0.25) is 4.79 Å². The summed E-state index contributed by atoms with van der Waals surface area (Å²) in [6.07, 6.45) is 0.434. The van der Waals surface area contributed by atoms with Crippen molar-refractivity contribution in [3.63, 3.8) is 0 Å². The summed E-state index contributed by atoms with van der Waals surface area (Å²) in [4.78, 5) is 12.0. The fraction of sp³-hybridized carbons (Fsp3) is 0.0714. The number of halogens is 2. The summed E-state index contributed by atoms with van der Waals surface area (Å²) in [6, 6.07) is 15.3. The molecule has 0 aliphatic carbocycles. The molecule has 1 nitrogen and oxygen atoms in total. The molecule has 0 fully saturated rings. The van der Waals surface area contributed by atoms with Crippen LogP contribution in [0.3, 0.4) is 0 Å². The van der Waals surface area contributed by atoms with Crippen LogP contribution < -0.4 is 0 Å². The van der Waals surface area contributed by atoms with E-state index in [1.165, 1.54) is 0 Å². The lowest BCUT2D eigenvalue weighted by molar-refractivity contribution is 0.0993. The number of carbonyl (C=O) groups is 1. The first-order chi connectivity index (χ1) is 8.15. The van der Waals surface area contributed by atoms with Crippen molar-refractivity contribution in [1.29, 1.82) is 0 Å². The fourth-order valence-corrected chi connectivity index (χ4v) is 2.22. The van der Waals surface area contributed by atoms with Gasteiger partial charge in [-0.1, -0.05) is 56.1 Å². The SMILES string of the molecule is O=C(Cc1ccc(Br)cc1)c1cccc(Br)c1. The van der Waals surface area contributed by atoms with Crippen LogP contribution in [0, 0.1) is 0 Å². The molecular formula is C14H10Br2O. The highest BCUT2D eigenvalue weighted by molar-refractivity contribution is 9.10. The van der Waals surface area contributed by atoms with Crippen LogP contribution in [0.1, 0.15) is 15.9 Å². The fourth-order valence-electron chi connectivity index (χ4n) is 1.55. The van der Waals surface area contributed by atoms with Gasteiger partial charge in [0.2, 0.25) is 0 Å². The summed E-state index contributed by atoms with van der Waals surface area (Å²) in [5.74, 6) is 0.133. The molecule has 3 heteroatoms. The van der Waals surface area contributed by atoms with Gasteiger partial charge in [0.1, 0.15) is 0 Å². The van der Waals surface area contributed by atoms with Crippen molar-refractivity contribution >= 4 is 37.6 Å². The predicted molar refractivity (Wildman–Crippen MR) is 76.3 cm³/mol. The number of carbonyl (C=O) groups excluding carboxylic acids is 1. The Labute approximate surface area is 117 Å². The van der Waals surface area contributed by atoms with Gasteiger partial charge in [0.15, 0.2) is 5.78 Å². The average Bonchev–Trinajstić information content (AvgIpc) is 2.32. The number of hydrogen-bond donors (Lipinski definition) is 0. The molecule has 2 aromatic carbocycles. The third kappa shape index (κ3) is 3.51. The van der Waals surface area contributed by atoms with Crippen molar-refractivity contribution in [3.8, 4) is 0 Å². The van der Waals surface area contributed by atoms with Crippen LogP contribution in [0.25, 0.3) is 0 Å². The minimum absolute atomic E-state index is 0.133. The van der Waals surface area contributed by atoms with Crippen molar-refractivity contribution in [2.24, 2.45) is 0 Å². The van der Waals surface area contributed by atoms with Gasteiger partial charge in [0, 0.05) is 20.9 Å². The molecular weight excluding hydrogens is 344 g/mol. The van der Waals surface area contributed by atoms with Crippen LogP contribution in [0.4, 0.5) is 0 Å². The van der Waals surface area contributed by atoms with Crippen molar-refractivity contribution in [2.75, 3.05) is 0 Å². The van der Waals surface area contributed by atoms with Crippen molar-refractivity contribution in [3.05, 3.63) is 68.6 Å². The first kappa shape index (κ1) is 12.5. The number of rotatable bonds is 3. The summed E-state index contributed by atoms with van der Waals surface area (Å²) in [7, 11) is 0. The molecule has 86 valence electrons. The summed E-state index contributed by atoms with van der Waals surface area (Å²) < 4.78 is 1.95. The number of hydrogen-bond acceptors (Lipinski definition) is 1. The van der Waals surface area contributed by atoms with Gasteiger partial charge in [0.05, 0.1) is 0 Å². The summed E-state index contributed by atoms with van der Waals surface area (Å²) in [6.45, 7) is 0. The molecule has 0 aliphatic heterocycles. The van der Waals surface area contributed by atoms with Crippen molar-refractivity contribution in [1.82, 2.24) is 0 Å². The molecule has 2 rings (SSSR count). The lowest BCUT2D eigenvalue weighted by Crippen LogP contribution is -2.03. The summed E-state index contributed by atoms with van der Waals surface area (Å²) >= 11 is 6.74. The molecule has 0 amide bonds. The zero-order valence-electron chi connectivity index (χ0n) is 8.99. The van der Waals surface area contributed by atoms with Gasteiger partial charge < -0.3 is 0 Å². The first-order valence-electron chi connectivity index (χ1n) is 5.18.